The van der Waals surface area contributed by atoms with Crippen molar-refractivity contribution >= 4 is 22.9 Å². The van der Waals surface area contributed by atoms with E-state index in [0.29, 0.717) is 25.2 Å². The summed E-state index contributed by atoms with van der Waals surface area (Å²) in [5.41, 5.74) is 3.28. The van der Waals surface area contributed by atoms with Gasteiger partial charge in [0, 0.05) is 24.9 Å². The van der Waals surface area contributed by atoms with Crippen molar-refractivity contribution in [3.05, 3.63) is 29.6 Å². The third-order valence-corrected chi connectivity index (χ3v) is 5.98. The van der Waals surface area contributed by atoms with Crippen LogP contribution in [0.1, 0.15) is 49.4 Å². The lowest BCUT2D eigenvalue weighted by Crippen LogP contribution is -2.41. The Bertz CT molecular complexity index is 836. The minimum atomic E-state index is -0.765. The van der Waals surface area contributed by atoms with Crippen LogP contribution in [-0.4, -0.2) is 44.9 Å². The van der Waals surface area contributed by atoms with E-state index in [1.165, 1.54) is 5.56 Å². The number of aromatic amines is 1. The van der Waals surface area contributed by atoms with E-state index in [2.05, 4.69) is 24.0 Å². The zero-order valence-corrected chi connectivity index (χ0v) is 15.1. The van der Waals surface area contributed by atoms with Crippen LogP contribution in [0.2, 0.25) is 0 Å². The standard InChI is InChI=1S/C20H25N3O3/c1-12-2-5-16-17(10-12)22-18(21-16)13-6-8-23(9-7-13)19(24)14-3-4-15(11-14)20(25)26/h2,5,10,13-15H,3-4,6-9,11H2,1H3,(H,21,22)(H,25,26)/t14-,15+/m0/s1. The summed E-state index contributed by atoms with van der Waals surface area (Å²) in [6.07, 6.45) is 3.63. The summed E-state index contributed by atoms with van der Waals surface area (Å²) in [5, 5.41) is 9.13. The number of nitrogens with one attached hydrogen (secondary N) is 1. The molecule has 4 rings (SSSR count). The van der Waals surface area contributed by atoms with Gasteiger partial charge in [0.15, 0.2) is 0 Å². The van der Waals surface area contributed by atoms with Crippen molar-refractivity contribution in [2.75, 3.05) is 13.1 Å². The number of aryl methyl sites for hydroxylation is 1. The lowest BCUT2D eigenvalue weighted by Gasteiger charge is -2.33. The molecule has 2 atom stereocenters. The summed E-state index contributed by atoms with van der Waals surface area (Å²) in [6.45, 7) is 3.53. The van der Waals surface area contributed by atoms with Gasteiger partial charge in [-0.1, -0.05) is 6.07 Å². The fourth-order valence-corrected chi connectivity index (χ4v) is 4.40. The highest BCUT2D eigenvalue weighted by Gasteiger charge is 2.37. The van der Waals surface area contributed by atoms with Crippen molar-refractivity contribution in [1.82, 2.24) is 14.9 Å². The SMILES string of the molecule is Cc1ccc2nc(C3CCN(C(=O)[C@H]4CC[C@@H](C(=O)O)C4)CC3)[nH]c2c1. The molecule has 1 aromatic heterocycles. The van der Waals surface area contributed by atoms with Gasteiger partial charge in [-0.05, 0) is 56.7 Å². The molecule has 1 amide bonds. The molecule has 1 saturated heterocycles. The number of imidazole rings is 1. The van der Waals surface area contributed by atoms with Gasteiger partial charge in [-0.25, -0.2) is 4.98 Å². The smallest absolute Gasteiger partial charge is 0.306 e. The maximum Gasteiger partial charge on any atom is 0.306 e. The lowest BCUT2D eigenvalue weighted by molar-refractivity contribution is -0.141. The first-order chi connectivity index (χ1) is 12.5. The molecule has 138 valence electrons. The number of piperidine rings is 1. The number of amides is 1. The first-order valence-electron chi connectivity index (χ1n) is 9.49. The number of carbonyl (C=O) groups is 2. The summed E-state index contributed by atoms with van der Waals surface area (Å²) < 4.78 is 0. The Balaban J connectivity index is 1.37. The van der Waals surface area contributed by atoms with Crippen LogP contribution in [-0.2, 0) is 9.59 Å². The molecule has 6 nitrogen and oxygen atoms in total. The number of carboxylic acids is 1. The molecule has 0 unspecified atom stereocenters. The molecular formula is C20H25N3O3. The molecule has 0 spiro atoms. The molecule has 1 aromatic carbocycles. The third-order valence-electron chi connectivity index (χ3n) is 5.98. The van der Waals surface area contributed by atoms with Gasteiger partial charge in [-0.15, -0.1) is 0 Å². The summed E-state index contributed by atoms with van der Waals surface area (Å²) in [4.78, 5) is 33.9. The maximum absolute atomic E-state index is 12.7. The van der Waals surface area contributed by atoms with Crippen LogP contribution >= 0.6 is 0 Å². The zero-order chi connectivity index (χ0) is 18.3. The highest BCUT2D eigenvalue weighted by atomic mass is 16.4. The first kappa shape index (κ1) is 17.1. The average molecular weight is 355 g/mol. The van der Waals surface area contributed by atoms with Gasteiger partial charge in [0.2, 0.25) is 5.91 Å². The van der Waals surface area contributed by atoms with Crippen molar-refractivity contribution in [1.29, 1.82) is 0 Å². The van der Waals surface area contributed by atoms with Gasteiger partial charge >= 0.3 is 5.97 Å². The summed E-state index contributed by atoms with van der Waals surface area (Å²) in [5.74, 6) is 0.292. The van der Waals surface area contributed by atoms with Crippen LogP contribution in [0.4, 0.5) is 0 Å². The highest BCUT2D eigenvalue weighted by Crippen LogP contribution is 2.34. The van der Waals surface area contributed by atoms with Gasteiger partial charge in [-0.2, -0.15) is 0 Å². The minimum absolute atomic E-state index is 0.109. The number of nitrogens with zero attached hydrogens (tertiary/aromatic N) is 2. The Labute approximate surface area is 152 Å². The summed E-state index contributed by atoms with van der Waals surface area (Å²) >= 11 is 0. The number of aliphatic carboxylic acids is 1. The molecule has 2 aromatic rings. The summed E-state index contributed by atoms with van der Waals surface area (Å²) in [6, 6.07) is 6.23. The number of likely N-dealkylation sites (tertiary alicyclic amines) is 1. The number of hydrogen-bond acceptors (Lipinski definition) is 3. The van der Waals surface area contributed by atoms with Crippen molar-refractivity contribution in [3.63, 3.8) is 0 Å². The fraction of sp³-hybridized carbons (Fsp3) is 0.550. The molecule has 0 radical (unpaired) electrons. The van der Waals surface area contributed by atoms with Gasteiger partial charge < -0.3 is 15.0 Å². The van der Waals surface area contributed by atoms with E-state index in [1.54, 1.807) is 0 Å². The van der Waals surface area contributed by atoms with Crippen LogP contribution in [0.3, 0.4) is 0 Å². The van der Waals surface area contributed by atoms with Crippen molar-refractivity contribution in [3.8, 4) is 0 Å². The molecule has 2 aliphatic rings. The van der Waals surface area contributed by atoms with Crippen molar-refractivity contribution in [2.24, 2.45) is 11.8 Å². The van der Waals surface area contributed by atoms with E-state index in [9.17, 15) is 9.59 Å². The Morgan fingerprint density at radius 3 is 2.58 bits per heavy atom. The number of fused-ring (bicyclic) bond motifs is 1. The quantitative estimate of drug-likeness (QED) is 0.886. The second-order valence-electron chi connectivity index (χ2n) is 7.79. The number of carboxylic acid groups (broad SMARTS) is 1. The molecular weight excluding hydrogens is 330 g/mol. The molecule has 1 saturated carbocycles. The number of rotatable bonds is 3. The lowest BCUT2D eigenvalue weighted by atomic mass is 9.94. The second-order valence-corrected chi connectivity index (χ2v) is 7.79. The highest BCUT2D eigenvalue weighted by molar-refractivity contribution is 5.81. The fourth-order valence-electron chi connectivity index (χ4n) is 4.40. The van der Waals surface area contributed by atoms with Gasteiger partial charge in [0.05, 0.1) is 17.0 Å². The van der Waals surface area contributed by atoms with Crippen LogP contribution in [0.15, 0.2) is 18.2 Å². The molecule has 2 heterocycles. The molecule has 1 aliphatic carbocycles. The predicted octanol–water partition coefficient (Wildman–Crippen LogP) is 3.08. The molecule has 6 heteroatoms. The number of hydrogen-bond donors (Lipinski definition) is 2. The van der Waals surface area contributed by atoms with E-state index >= 15 is 0 Å². The van der Waals surface area contributed by atoms with E-state index in [0.717, 1.165) is 42.8 Å². The van der Waals surface area contributed by atoms with Crippen LogP contribution in [0, 0.1) is 18.8 Å². The van der Waals surface area contributed by atoms with Gasteiger partial charge in [0.1, 0.15) is 5.82 Å². The molecule has 2 fully saturated rings. The molecule has 0 bridgehead atoms. The van der Waals surface area contributed by atoms with Crippen molar-refractivity contribution < 1.29 is 14.7 Å². The number of benzene rings is 1. The van der Waals surface area contributed by atoms with Crippen LogP contribution in [0.25, 0.3) is 11.0 Å². The first-order valence-corrected chi connectivity index (χ1v) is 9.49. The van der Waals surface area contributed by atoms with E-state index in [-0.39, 0.29) is 17.7 Å². The molecule has 26 heavy (non-hydrogen) atoms. The van der Waals surface area contributed by atoms with E-state index < -0.39 is 5.97 Å². The van der Waals surface area contributed by atoms with Crippen molar-refractivity contribution in [2.45, 2.75) is 44.9 Å². The predicted molar refractivity (Wildman–Crippen MR) is 97.9 cm³/mol. The molecule has 1 aliphatic heterocycles. The van der Waals surface area contributed by atoms with Crippen LogP contribution in [0.5, 0.6) is 0 Å². The van der Waals surface area contributed by atoms with Crippen LogP contribution < -0.4 is 0 Å². The van der Waals surface area contributed by atoms with Gasteiger partial charge in [0.25, 0.3) is 0 Å². The Morgan fingerprint density at radius 1 is 1.15 bits per heavy atom. The largest absolute Gasteiger partial charge is 0.481 e. The third kappa shape index (κ3) is 3.20. The van der Waals surface area contributed by atoms with Gasteiger partial charge in [-0.3, -0.25) is 9.59 Å². The maximum atomic E-state index is 12.7. The topological polar surface area (TPSA) is 86.3 Å². The van der Waals surface area contributed by atoms with E-state index in [1.807, 2.05) is 11.0 Å². The Hall–Kier alpha value is -2.37. The zero-order valence-electron chi connectivity index (χ0n) is 15.1. The normalized spacial score (nSPS) is 24.3. The Morgan fingerprint density at radius 2 is 1.88 bits per heavy atom. The monoisotopic (exact) mass is 355 g/mol. The second kappa shape index (κ2) is 6.74. The Kier molecular flexibility index (Phi) is 4.42. The number of H-pyrrole nitrogens is 1. The number of carbonyl (C=O) groups excluding carboxylic acids is 1. The summed E-state index contributed by atoms with van der Waals surface area (Å²) in [7, 11) is 0. The average Bonchev–Trinajstić information content (AvgIpc) is 3.28. The number of aromatic nitrogens is 2. The van der Waals surface area contributed by atoms with E-state index in [4.69, 9.17) is 10.1 Å². The molecule has 2 N–H and O–H groups in total. The minimum Gasteiger partial charge on any atom is -0.481 e.